The fourth-order valence-corrected chi connectivity index (χ4v) is 5.64. The first-order chi connectivity index (χ1) is 9.06. The molecule has 0 saturated carbocycles. The van der Waals surface area contributed by atoms with E-state index in [1.165, 1.54) is 16.9 Å². The van der Waals surface area contributed by atoms with Crippen molar-refractivity contribution in [1.82, 2.24) is 4.72 Å². The van der Waals surface area contributed by atoms with Gasteiger partial charge in [-0.2, -0.15) is 0 Å². The number of hydrogen-bond acceptors (Lipinski definition) is 3. The molecule has 2 aromatic rings. The molecule has 19 heavy (non-hydrogen) atoms. The van der Waals surface area contributed by atoms with Crippen LogP contribution in [0.1, 0.15) is 23.6 Å². The number of benzene rings is 1. The first-order valence-electron chi connectivity index (χ1n) is 5.92. The Morgan fingerprint density at radius 2 is 2.00 bits per heavy atom. The molecule has 1 aliphatic carbocycles. The van der Waals surface area contributed by atoms with Gasteiger partial charge in [0, 0.05) is 6.04 Å². The topological polar surface area (TPSA) is 46.2 Å². The van der Waals surface area contributed by atoms with E-state index >= 15 is 0 Å². The summed E-state index contributed by atoms with van der Waals surface area (Å²) in [7, 11) is -3.43. The van der Waals surface area contributed by atoms with Crippen molar-refractivity contribution in [3.63, 3.8) is 0 Å². The first-order valence-corrected chi connectivity index (χ1v) is 9.01. The quantitative estimate of drug-likeness (QED) is 0.913. The smallest absolute Gasteiger partial charge is 0.206 e. The van der Waals surface area contributed by atoms with E-state index in [2.05, 4.69) is 26.7 Å². The lowest BCUT2D eigenvalue weighted by molar-refractivity contribution is 0.556. The summed E-state index contributed by atoms with van der Waals surface area (Å²) < 4.78 is 28.6. The zero-order chi connectivity index (χ0) is 13.5. The van der Waals surface area contributed by atoms with Crippen LogP contribution in [0.4, 0.5) is 0 Å². The number of nitrogens with one attached hydrogen (secondary N) is 1. The Balaban J connectivity index is 1.87. The van der Waals surface area contributed by atoms with E-state index in [1.54, 1.807) is 12.1 Å². The maximum atomic E-state index is 12.3. The van der Waals surface area contributed by atoms with Crippen LogP contribution in [-0.2, 0) is 16.4 Å². The molecule has 1 heterocycles. The van der Waals surface area contributed by atoms with Gasteiger partial charge in [-0.05, 0) is 52.0 Å². The van der Waals surface area contributed by atoms with Crippen LogP contribution in [0.15, 0.2) is 44.4 Å². The van der Waals surface area contributed by atoms with Crippen LogP contribution in [0.5, 0.6) is 0 Å². The third-order valence-corrected chi connectivity index (χ3v) is 6.83. The molecule has 1 aromatic carbocycles. The zero-order valence-corrected chi connectivity index (χ0v) is 13.2. The molecule has 1 aliphatic rings. The van der Waals surface area contributed by atoms with E-state index in [0.717, 1.165) is 22.2 Å². The summed E-state index contributed by atoms with van der Waals surface area (Å²) in [5.41, 5.74) is 2.34. The lowest BCUT2D eigenvalue weighted by Crippen LogP contribution is -2.26. The molecule has 3 nitrogen and oxygen atoms in total. The molecule has 100 valence electrons. The summed E-state index contributed by atoms with van der Waals surface area (Å²) in [6.07, 6.45) is 1.75. The fraction of sp³-hybridized carbons (Fsp3) is 0.231. The summed E-state index contributed by atoms with van der Waals surface area (Å²) in [4.78, 5) is 0. The SMILES string of the molecule is O=S(=O)(NC1CCc2ccccc21)c1ccc(Br)s1. The molecule has 0 bridgehead atoms. The largest absolute Gasteiger partial charge is 0.250 e. The van der Waals surface area contributed by atoms with Crippen LogP contribution in [0.2, 0.25) is 0 Å². The van der Waals surface area contributed by atoms with Gasteiger partial charge in [0.1, 0.15) is 4.21 Å². The second kappa shape index (κ2) is 5.01. The maximum absolute atomic E-state index is 12.3. The monoisotopic (exact) mass is 357 g/mol. The normalized spacial score (nSPS) is 18.5. The van der Waals surface area contributed by atoms with E-state index in [-0.39, 0.29) is 6.04 Å². The standard InChI is InChI=1S/C13H12BrNO2S2/c14-12-7-8-13(18-12)19(16,17)15-11-6-5-9-3-1-2-4-10(9)11/h1-4,7-8,11,15H,5-6H2. The van der Waals surface area contributed by atoms with Crippen LogP contribution in [-0.4, -0.2) is 8.42 Å². The summed E-state index contributed by atoms with van der Waals surface area (Å²) >= 11 is 4.51. The Morgan fingerprint density at radius 3 is 2.74 bits per heavy atom. The Bertz CT molecular complexity index is 709. The van der Waals surface area contributed by atoms with Crippen LogP contribution in [0.3, 0.4) is 0 Å². The molecule has 0 fully saturated rings. The van der Waals surface area contributed by atoms with Gasteiger partial charge in [0.25, 0.3) is 10.0 Å². The van der Waals surface area contributed by atoms with Gasteiger partial charge in [-0.25, -0.2) is 13.1 Å². The molecule has 0 amide bonds. The summed E-state index contributed by atoms with van der Waals surface area (Å²) in [6, 6.07) is 11.3. The number of hydrogen-bond donors (Lipinski definition) is 1. The van der Waals surface area contributed by atoms with Gasteiger partial charge >= 0.3 is 0 Å². The number of sulfonamides is 1. The fourth-order valence-electron chi connectivity index (χ4n) is 2.37. The molecule has 3 rings (SSSR count). The Labute approximate surface area is 124 Å². The molecule has 0 aliphatic heterocycles. The highest BCUT2D eigenvalue weighted by Gasteiger charge is 2.27. The average molecular weight is 358 g/mol. The highest BCUT2D eigenvalue weighted by molar-refractivity contribution is 9.11. The van der Waals surface area contributed by atoms with Gasteiger partial charge < -0.3 is 0 Å². The molecule has 6 heteroatoms. The molecular formula is C13H12BrNO2S2. The van der Waals surface area contributed by atoms with E-state index in [4.69, 9.17) is 0 Å². The Kier molecular flexibility index (Phi) is 3.51. The van der Waals surface area contributed by atoms with Crippen molar-refractivity contribution < 1.29 is 8.42 Å². The van der Waals surface area contributed by atoms with E-state index < -0.39 is 10.0 Å². The van der Waals surface area contributed by atoms with Crippen LogP contribution in [0.25, 0.3) is 0 Å². The number of halogens is 1. The number of fused-ring (bicyclic) bond motifs is 1. The van der Waals surface area contributed by atoms with Crippen molar-refractivity contribution >= 4 is 37.3 Å². The first kappa shape index (κ1) is 13.3. The van der Waals surface area contributed by atoms with E-state index in [9.17, 15) is 8.42 Å². The van der Waals surface area contributed by atoms with Crippen molar-refractivity contribution in [1.29, 1.82) is 0 Å². The molecule has 1 unspecified atom stereocenters. The van der Waals surface area contributed by atoms with Gasteiger partial charge in [0.2, 0.25) is 0 Å². The second-order valence-corrected chi connectivity index (χ2v) is 8.87. The van der Waals surface area contributed by atoms with Crippen LogP contribution < -0.4 is 4.72 Å². The van der Waals surface area contributed by atoms with Crippen molar-refractivity contribution in [2.45, 2.75) is 23.1 Å². The van der Waals surface area contributed by atoms with Crippen molar-refractivity contribution in [3.05, 3.63) is 51.3 Å². The number of aryl methyl sites for hydroxylation is 1. The number of thiophene rings is 1. The highest BCUT2D eigenvalue weighted by atomic mass is 79.9. The molecule has 0 radical (unpaired) electrons. The minimum absolute atomic E-state index is 0.109. The van der Waals surface area contributed by atoms with Gasteiger partial charge in [-0.15, -0.1) is 11.3 Å². The average Bonchev–Trinajstić information content (AvgIpc) is 2.97. The minimum Gasteiger partial charge on any atom is -0.206 e. The van der Waals surface area contributed by atoms with Gasteiger partial charge in [-0.3, -0.25) is 0 Å². The lowest BCUT2D eigenvalue weighted by Gasteiger charge is -2.13. The highest BCUT2D eigenvalue weighted by Crippen LogP contribution is 2.33. The molecular weight excluding hydrogens is 346 g/mol. The van der Waals surface area contributed by atoms with Gasteiger partial charge in [0.05, 0.1) is 3.79 Å². The van der Waals surface area contributed by atoms with Crippen molar-refractivity contribution in [3.8, 4) is 0 Å². The predicted octanol–water partition coefficient (Wildman–Crippen LogP) is 3.48. The van der Waals surface area contributed by atoms with E-state index in [0.29, 0.717) is 4.21 Å². The summed E-state index contributed by atoms with van der Waals surface area (Å²) in [5.74, 6) is 0. The van der Waals surface area contributed by atoms with Crippen molar-refractivity contribution in [2.24, 2.45) is 0 Å². The minimum atomic E-state index is -3.43. The van der Waals surface area contributed by atoms with Gasteiger partial charge in [-0.1, -0.05) is 24.3 Å². The lowest BCUT2D eigenvalue weighted by atomic mass is 10.1. The maximum Gasteiger partial charge on any atom is 0.250 e. The molecule has 0 spiro atoms. The van der Waals surface area contributed by atoms with Crippen LogP contribution in [0, 0.1) is 0 Å². The third kappa shape index (κ3) is 2.63. The van der Waals surface area contributed by atoms with E-state index in [1.807, 2.05) is 18.2 Å². The summed E-state index contributed by atoms with van der Waals surface area (Å²) in [6.45, 7) is 0. The Morgan fingerprint density at radius 1 is 1.21 bits per heavy atom. The second-order valence-electron chi connectivity index (χ2n) is 4.47. The Hall–Kier alpha value is -0.690. The zero-order valence-electron chi connectivity index (χ0n) is 9.97. The summed E-state index contributed by atoms with van der Waals surface area (Å²) in [5, 5.41) is 0. The molecule has 1 aromatic heterocycles. The molecule has 1 N–H and O–H groups in total. The molecule has 0 saturated heterocycles. The van der Waals surface area contributed by atoms with Crippen LogP contribution >= 0.6 is 27.3 Å². The van der Waals surface area contributed by atoms with Gasteiger partial charge in [0.15, 0.2) is 0 Å². The van der Waals surface area contributed by atoms with Crippen molar-refractivity contribution in [2.75, 3.05) is 0 Å². The predicted molar refractivity (Wildman–Crippen MR) is 79.8 cm³/mol. The number of rotatable bonds is 3. The third-order valence-electron chi connectivity index (χ3n) is 3.24. The molecule has 1 atom stereocenters.